The van der Waals surface area contributed by atoms with Crippen LogP contribution in [0.4, 0.5) is 0 Å². The van der Waals surface area contributed by atoms with Gasteiger partial charge in [-0.05, 0) is 42.3 Å². The molecule has 0 saturated carbocycles. The number of carbonyl (C=O) groups excluding carboxylic acids is 1. The van der Waals surface area contributed by atoms with Gasteiger partial charge in [-0.2, -0.15) is 0 Å². The Bertz CT molecular complexity index is 540. The van der Waals surface area contributed by atoms with Gasteiger partial charge < -0.3 is 5.32 Å². The van der Waals surface area contributed by atoms with Crippen LogP contribution < -0.4 is 5.32 Å². The fraction of sp³-hybridized carbons (Fsp3) is 0.200. The van der Waals surface area contributed by atoms with E-state index in [9.17, 15) is 4.79 Å². The Kier molecular flexibility index (Phi) is 4.53. The van der Waals surface area contributed by atoms with Gasteiger partial charge in [-0.15, -0.1) is 11.6 Å². The molecule has 0 aliphatic rings. The molecule has 1 aromatic heterocycles. The highest BCUT2D eigenvalue weighted by Crippen LogP contribution is 2.12. The Morgan fingerprint density at radius 3 is 2.42 bits per heavy atom. The number of rotatable bonds is 4. The molecule has 98 valence electrons. The summed E-state index contributed by atoms with van der Waals surface area (Å²) in [4.78, 5) is 16.0. The number of pyridine rings is 1. The van der Waals surface area contributed by atoms with Crippen LogP contribution >= 0.6 is 11.6 Å². The summed E-state index contributed by atoms with van der Waals surface area (Å²) in [6.45, 7) is 1.94. The van der Waals surface area contributed by atoms with Crippen molar-refractivity contribution in [1.82, 2.24) is 10.3 Å². The minimum atomic E-state index is -0.0922. The summed E-state index contributed by atoms with van der Waals surface area (Å²) in [6, 6.07) is 11.0. The van der Waals surface area contributed by atoms with Crippen molar-refractivity contribution in [1.29, 1.82) is 0 Å². The fourth-order valence-corrected chi connectivity index (χ4v) is 1.94. The quantitative estimate of drug-likeness (QED) is 0.869. The fourth-order valence-electron chi connectivity index (χ4n) is 1.76. The SMILES string of the molecule is C[C@H](NC(=O)c1ccc(CCl)cc1)c1ccncc1. The molecule has 0 saturated heterocycles. The van der Waals surface area contributed by atoms with E-state index in [0.717, 1.165) is 11.1 Å². The lowest BCUT2D eigenvalue weighted by Crippen LogP contribution is -2.26. The van der Waals surface area contributed by atoms with Crippen molar-refractivity contribution >= 4 is 17.5 Å². The van der Waals surface area contributed by atoms with Gasteiger partial charge in [-0.1, -0.05) is 12.1 Å². The Labute approximate surface area is 117 Å². The summed E-state index contributed by atoms with van der Waals surface area (Å²) in [6.07, 6.45) is 3.43. The van der Waals surface area contributed by atoms with Crippen molar-refractivity contribution in [2.75, 3.05) is 0 Å². The summed E-state index contributed by atoms with van der Waals surface area (Å²) in [5.74, 6) is 0.361. The number of aromatic nitrogens is 1. The van der Waals surface area contributed by atoms with E-state index in [0.29, 0.717) is 11.4 Å². The number of hydrogen-bond acceptors (Lipinski definition) is 2. The molecule has 4 heteroatoms. The van der Waals surface area contributed by atoms with E-state index < -0.39 is 0 Å². The molecule has 0 bridgehead atoms. The van der Waals surface area contributed by atoms with E-state index in [1.807, 2.05) is 31.2 Å². The first-order valence-electron chi connectivity index (χ1n) is 6.06. The first-order valence-corrected chi connectivity index (χ1v) is 6.60. The van der Waals surface area contributed by atoms with E-state index in [-0.39, 0.29) is 11.9 Å². The topological polar surface area (TPSA) is 42.0 Å². The summed E-state index contributed by atoms with van der Waals surface area (Å²) in [5, 5.41) is 2.95. The molecule has 1 aromatic carbocycles. The third-order valence-electron chi connectivity index (χ3n) is 2.92. The first-order chi connectivity index (χ1) is 9.20. The highest BCUT2D eigenvalue weighted by Gasteiger charge is 2.10. The van der Waals surface area contributed by atoms with Gasteiger partial charge in [0.1, 0.15) is 0 Å². The van der Waals surface area contributed by atoms with Gasteiger partial charge in [0.2, 0.25) is 0 Å². The van der Waals surface area contributed by atoms with Gasteiger partial charge in [0.05, 0.1) is 6.04 Å². The molecule has 0 radical (unpaired) electrons. The van der Waals surface area contributed by atoms with Crippen LogP contribution in [-0.2, 0) is 5.88 Å². The van der Waals surface area contributed by atoms with Crippen LogP contribution in [0.1, 0.15) is 34.5 Å². The zero-order valence-electron chi connectivity index (χ0n) is 10.6. The van der Waals surface area contributed by atoms with Crippen molar-refractivity contribution < 1.29 is 4.79 Å². The molecular formula is C15H15ClN2O. The standard InChI is InChI=1S/C15H15ClN2O/c1-11(13-6-8-17-9-7-13)18-15(19)14-4-2-12(10-16)3-5-14/h2-9,11H,10H2,1H3,(H,18,19)/t11-/m0/s1. The Hall–Kier alpha value is -1.87. The number of hydrogen-bond donors (Lipinski definition) is 1. The zero-order valence-corrected chi connectivity index (χ0v) is 11.4. The van der Waals surface area contributed by atoms with Crippen LogP contribution in [-0.4, -0.2) is 10.9 Å². The normalized spacial score (nSPS) is 11.9. The molecule has 0 spiro atoms. The van der Waals surface area contributed by atoms with E-state index in [1.165, 1.54) is 0 Å². The van der Waals surface area contributed by atoms with E-state index in [4.69, 9.17) is 11.6 Å². The van der Waals surface area contributed by atoms with Crippen LogP contribution in [0.2, 0.25) is 0 Å². The minimum Gasteiger partial charge on any atom is -0.346 e. The minimum absolute atomic E-state index is 0.0526. The van der Waals surface area contributed by atoms with Crippen LogP contribution in [0.5, 0.6) is 0 Å². The van der Waals surface area contributed by atoms with Crippen molar-refractivity contribution in [2.24, 2.45) is 0 Å². The molecule has 2 aromatic rings. The van der Waals surface area contributed by atoms with Crippen LogP contribution in [0.25, 0.3) is 0 Å². The number of benzene rings is 1. The largest absolute Gasteiger partial charge is 0.346 e. The molecule has 0 aliphatic carbocycles. The molecule has 1 heterocycles. The predicted octanol–water partition coefficient (Wildman–Crippen LogP) is 3.31. The van der Waals surface area contributed by atoms with E-state index >= 15 is 0 Å². The number of halogens is 1. The molecule has 19 heavy (non-hydrogen) atoms. The molecule has 1 amide bonds. The molecule has 0 unspecified atom stereocenters. The van der Waals surface area contributed by atoms with Crippen molar-refractivity contribution in [3.05, 3.63) is 65.5 Å². The average molecular weight is 275 g/mol. The maximum atomic E-state index is 12.1. The van der Waals surface area contributed by atoms with Gasteiger partial charge in [-0.25, -0.2) is 0 Å². The third-order valence-corrected chi connectivity index (χ3v) is 3.23. The molecular weight excluding hydrogens is 260 g/mol. The lowest BCUT2D eigenvalue weighted by atomic mass is 10.1. The van der Waals surface area contributed by atoms with Crippen molar-refractivity contribution in [2.45, 2.75) is 18.8 Å². The van der Waals surface area contributed by atoms with Crippen LogP contribution in [0, 0.1) is 0 Å². The second kappa shape index (κ2) is 6.34. The lowest BCUT2D eigenvalue weighted by Gasteiger charge is -2.14. The molecule has 0 aliphatic heterocycles. The molecule has 3 nitrogen and oxygen atoms in total. The Balaban J connectivity index is 2.04. The summed E-state index contributed by atoms with van der Waals surface area (Å²) >= 11 is 5.72. The van der Waals surface area contributed by atoms with Crippen molar-refractivity contribution in [3.8, 4) is 0 Å². The van der Waals surface area contributed by atoms with Gasteiger partial charge in [0, 0.05) is 23.8 Å². The monoisotopic (exact) mass is 274 g/mol. The first kappa shape index (κ1) is 13.6. The molecule has 1 N–H and O–H groups in total. The van der Waals surface area contributed by atoms with Gasteiger partial charge in [0.25, 0.3) is 5.91 Å². The number of alkyl halides is 1. The Morgan fingerprint density at radius 2 is 1.84 bits per heavy atom. The number of amides is 1. The molecule has 1 atom stereocenters. The maximum absolute atomic E-state index is 12.1. The second-order valence-corrected chi connectivity index (χ2v) is 4.57. The van der Waals surface area contributed by atoms with Crippen LogP contribution in [0.15, 0.2) is 48.8 Å². The van der Waals surface area contributed by atoms with Gasteiger partial charge >= 0.3 is 0 Å². The second-order valence-electron chi connectivity index (χ2n) is 4.31. The third kappa shape index (κ3) is 3.55. The van der Waals surface area contributed by atoms with Crippen molar-refractivity contribution in [3.63, 3.8) is 0 Å². The van der Waals surface area contributed by atoms with E-state index in [1.54, 1.807) is 24.5 Å². The Morgan fingerprint density at radius 1 is 1.21 bits per heavy atom. The molecule has 0 fully saturated rings. The highest BCUT2D eigenvalue weighted by atomic mass is 35.5. The number of nitrogens with zero attached hydrogens (tertiary/aromatic N) is 1. The van der Waals surface area contributed by atoms with Gasteiger partial charge in [0.15, 0.2) is 0 Å². The summed E-state index contributed by atoms with van der Waals surface area (Å²) in [7, 11) is 0. The molecule has 2 rings (SSSR count). The summed E-state index contributed by atoms with van der Waals surface area (Å²) < 4.78 is 0. The summed E-state index contributed by atoms with van der Waals surface area (Å²) in [5.41, 5.74) is 2.66. The van der Waals surface area contributed by atoms with Gasteiger partial charge in [-0.3, -0.25) is 9.78 Å². The van der Waals surface area contributed by atoms with Crippen LogP contribution in [0.3, 0.4) is 0 Å². The predicted molar refractivity (Wildman–Crippen MR) is 76.1 cm³/mol. The lowest BCUT2D eigenvalue weighted by molar-refractivity contribution is 0.0940. The zero-order chi connectivity index (χ0) is 13.7. The average Bonchev–Trinajstić information content (AvgIpc) is 2.48. The maximum Gasteiger partial charge on any atom is 0.251 e. The number of carbonyl (C=O) groups is 1. The number of nitrogens with one attached hydrogen (secondary N) is 1. The highest BCUT2D eigenvalue weighted by molar-refractivity contribution is 6.17. The van der Waals surface area contributed by atoms with E-state index in [2.05, 4.69) is 10.3 Å². The smallest absolute Gasteiger partial charge is 0.251 e.